The van der Waals surface area contributed by atoms with Gasteiger partial charge in [-0.15, -0.1) is 0 Å². The molecule has 0 atom stereocenters. The Balaban J connectivity index is 1.99. The minimum atomic E-state index is -0.0866. The van der Waals surface area contributed by atoms with Gasteiger partial charge in [0, 0.05) is 13.6 Å². The topological polar surface area (TPSA) is 54.3 Å². The van der Waals surface area contributed by atoms with Gasteiger partial charge in [0.1, 0.15) is 11.2 Å². The molecule has 26 heavy (non-hydrogen) atoms. The van der Waals surface area contributed by atoms with Crippen LogP contribution in [0.1, 0.15) is 22.5 Å². The fourth-order valence-electron chi connectivity index (χ4n) is 2.83. The number of amides is 1. The highest BCUT2D eigenvalue weighted by Crippen LogP contribution is 2.33. The van der Waals surface area contributed by atoms with Crippen molar-refractivity contribution < 1.29 is 4.79 Å². The van der Waals surface area contributed by atoms with Gasteiger partial charge in [-0.3, -0.25) is 14.4 Å². The van der Waals surface area contributed by atoms with Crippen LogP contribution in [-0.2, 0) is 7.05 Å². The monoisotopic (exact) mass is 391 g/mol. The van der Waals surface area contributed by atoms with Crippen LogP contribution in [0.4, 0.5) is 5.13 Å². The number of halogens is 1. The summed E-state index contributed by atoms with van der Waals surface area (Å²) in [7, 11) is 5.83. The van der Waals surface area contributed by atoms with Gasteiger partial charge in [-0.25, -0.2) is 4.98 Å². The van der Waals surface area contributed by atoms with Crippen molar-refractivity contribution in [2.75, 3.05) is 32.1 Å². The van der Waals surface area contributed by atoms with Crippen molar-refractivity contribution in [2.24, 2.45) is 7.05 Å². The average molecular weight is 392 g/mol. The number of carbonyl (C=O) groups excluding carboxylic acids is 1. The van der Waals surface area contributed by atoms with E-state index in [4.69, 9.17) is 11.6 Å². The number of aryl methyl sites for hydroxylation is 2. The zero-order chi connectivity index (χ0) is 18.8. The van der Waals surface area contributed by atoms with Crippen LogP contribution in [0.2, 0.25) is 5.02 Å². The molecule has 8 heteroatoms. The van der Waals surface area contributed by atoms with Crippen molar-refractivity contribution in [2.45, 2.75) is 13.3 Å². The molecule has 0 spiro atoms. The number of thiazole rings is 1. The molecule has 0 radical (unpaired) electrons. The molecule has 0 saturated heterocycles. The molecule has 6 nitrogen and oxygen atoms in total. The van der Waals surface area contributed by atoms with Crippen molar-refractivity contribution in [1.82, 2.24) is 19.7 Å². The van der Waals surface area contributed by atoms with E-state index in [0.29, 0.717) is 22.4 Å². The number of para-hydroxylation sites is 1. The van der Waals surface area contributed by atoms with Gasteiger partial charge in [-0.05, 0) is 51.7 Å². The van der Waals surface area contributed by atoms with E-state index in [0.717, 1.165) is 28.7 Å². The Bertz CT molecular complexity index is 913. The molecule has 0 aliphatic heterocycles. The third-order valence-electron chi connectivity index (χ3n) is 4.15. The summed E-state index contributed by atoms with van der Waals surface area (Å²) in [5.41, 5.74) is 2.18. The number of hydrogen-bond acceptors (Lipinski definition) is 5. The zero-order valence-electron chi connectivity index (χ0n) is 15.4. The van der Waals surface area contributed by atoms with Crippen LogP contribution in [0, 0.1) is 6.92 Å². The summed E-state index contributed by atoms with van der Waals surface area (Å²) in [6.45, 7) is 3.37. The molecule has 3 rings (SSSR count). The van der Waals surface area contributed by atoms with Crippen molar-refractivity contribution >= 4 is 44.2 Å². The average Bonchev–Trinajstić information content (AvgIpc) is 3.15. The van der Waals surface area contributed by atoms with Gasteiger partial charge < -0.3 is 4.90 Å². The second kappa shape index (κ2) is 7.73. The lowest BCUT2D eigenvalue weighted by atomic mass is 10.2. The SMILES string of the molecule is Cc1cnn(C)c1C(=O)N(CCCN(C)C)c1nc2c(Cl)cccc2s1. The third kappa shape index (κ3) is 3.75. The molecule has 0 bridgehead atoms. The highest BCUT2D eigenvalue weighted by atomic mass is 35.5. The zero-order valence-corrected chi connectivity index (χ0v) is 16.9. The summed E-state index contributed by atoms with van der Waals surface area (Å²) < 4.78 is 2.59. The molecule has 0 N–H and O–H groups in total. The molecule has 1 aromatic carbocycles. The molecule has 138 valence electrons. The third-order valence-corrected chi connectivity index (χ3v) is 5.49. The standard InChI is InChI=1S/C18H22ClN5OS/c1-12-11-20-23(4)16(12)17(25)24(10-6-9-22(2)3)18-21-15-13(19)7-5-8-14(15)26-18/h5,7-8,11H,6,9-10H2,1-4H3. The Morgan fingerprint density at radius 3 is 2.69 bits per heavy atom. The first-order chi connectivity index (χ1) is 12.4. The van der Waals surface area contributed by atoms with Crippen molar-refractivity contribution in [3.05, 3.63) is 40.7 Å². The number of anilines is 1. The van der Waals surface area contributed by atoms with Gasteiger partial charge in [-0.2, -0.15) is 5.10 Å². The summed E-state index contributed by atoms with van der Waals surface area (Å²) in [4.78, 5) is 21.8. The number of fused-ring (bicyclic) bond motifs is 1. The van der Waals surface area contributed by atoms with Crippen LogP contribution in [0.15, 0.2) is 24.4 Å². The second-order valence-corrected chi connectivity index (χ2v) is 7.91. The Kier molecular flexibility index (Phi) is 5.60. The van der Waals surface area contributed by atoms with Crippen molar-refractivity contribution in [1.29, 1.82) is 0 Å². The second-order valence-electron chi connectivity index (χ2n) is 6.50. The predicted octanol–water partition coefficient (Wildman–Crippen LogP) is 3.59. The van der Waals surface area contributed by atoms with Gasteiger partial charge in [0.25, 0.3) is 5.91 Å². The predicted molar refractivity (Wildman–Crippen MR) is 107 cm³/mol. The van der Waals surface area contributed by atoms with Crippen molar-refractivity contribution in [3.63, 3.8) is 0 Å². The van der Waals surface area contributed by atoms with Gasteiger partial charge in [0.15, 0.2) is 5.13 Å². The molecule has 0 unspecified atom stereocenters. The molecule has 1 amide bonds. The number of rotatable bonds is 6. The van der Waals surface area contributed by atoms with E-state index in [9.17, 15) is 4.79 Å². The molecule has 0 fully saturated rings. The van der Waals surface area contributed by atoms with Crippen LogP contribution in [0.3, 0.4) is 0 Å². The summed E-state index contributed by atoms with van der Waals surface area (Å²) in [5.74, 6) is -0.0866. The first-order valence-corrected chi connectivity index (χ1v) is 9.58. The minimum absolute atomic E-state index is 0.0866. The van der Waals surface area contributed by atoms with E-state index in [1.807, 2.05) is 39.2 Å². The van der Waals surface area contributed by atoms with Crippen molar-refractivity contribution in [3.8, 4) is 0 Å². The first kappa shape index (κ1) is 18.8. The molecule has 3 aromatic rings. The number of nitrogens with zero attached hydrogens (tertiary/aromatic N) is 5. The lowest BCUT2D eigenvalue weighted by Crippen LogP contribution is -2.35. The lowest BCUT2D eigenvalue weighted by molar-refractivity contribution is 0.0976. The molecule has 2 heterocycles. The van der Waals surface area contributed by atoms with E-state index in [1.54, 1.807) is 22.8 Å². The highest BCUT2D eigenvalue weighted by Gasteiger charge is 2.25. The summed E-state index contributed by atoms with van der Waals surface area (Å²) in [6.07, 6.45) is 2.56. The Labute approximate surface area is 162 Å². The first-order valence-electron chi connectivity index (χ1n) is 8.38. The fourth-order valence-corrected chi connectivity index (χ4v) is 4.12. The van der Waals surface area contributed by atoms with E-state index >= 15 is 0 Å². The smallest absolute Gasteiger partial charge is 0.278 e. The molecular formula is C18H22ClN5OS. The van der Waals surface area contributed by atoms with Gasteiger partial charge in [0.2, 0.25) is 0 Å². The van der Waals surface area contributed by atoms with Gasteiger partial charge in [-0.1, -0.05) is 29.0 Å². The summed E-state index contributed by atoms with van der Waals surface area (Å²) in [5, 5.41) is 5.47. The molecule has 0 saturated carbocycles. The fraction of sp³-hybridized carbons (Fsp3) is 0.389. The van der Waals surface area contributed by atoms with Crippen LogP contribution in [-0.4, -0.2) is 52.8 Å². The summed E-state index contributed by atoms with van der Waals surface area (Å²) >= 11 is 7.75. The highest BCUT2D eigenvalue weighted by molar-refractivity contribution is 7.22. The van der Waals surface area contributed by atoms with E-state index in [2.05, 4.69) is 15.0 Å². The van der Waals surface area contributed by atoms with E-state index in [-0.39, 0.29) is 5.91 Å². The summed E-state index contributed by atoms with van der Waals surface area (Å²) in [6, 6.07) is 5.69. The molecule has 0 aliphatic carbocycles. The molecule has 2 aromatic heterocycles. The van der Waals surface area contributed by atoms with E-state index in [1.165, 1.54) is 11.3 Å². The number of hydrogen-bond donors (Lipinski definition) is 0. The van der Waals surface area contributed by atoms with Crippen LogP contribution in [0.5, 0.6) is 0 Å². The Morgan fingerprint density at radius 2 is 2.08 bits per heavy atom. The van der Waals surface area contributed by atoms with Gasteiger partial charge in [0.05, 0.1) is 15.9 Å². The van der Waals surface area contributed by atoms with E-state index < -0.39 is 0 Å². The van der Waals surface area contributed by atoms with Crippen LogP contribution >= 0.6 is 22.9 Å². The maximum Gasteiger partial charge on any atom is 0.278 e. The lowest BCUT2D eigenvalue weighted by Gasteiger charge is -2.21. The number of benzene rings is 1. The Morgan fingerprint density at radius 1 is 1.31 bits per heavy atom. The quantitative estimate of drug-likeness (QED) is 0.644. The normalized spacial score (nSPS) is 11.5. The van der Waals surface area contributed by atoms with Gasteiger partial charge >= 0.3 is 0 Å². The Hall–Kier alpha value is -1.96. The van der Waals surface area contributed by atoms with Crippen LogP contribution < -0.4 is 4.90 Å². The molecule has 0 aliphatic rings. The van der Waals surface area contributed by atoms with Crippen LogP contribution in [0.25, 0.3) is 10.2 Å². The number of carbonyl (C=O) groups is 1. The number of aromatic nitrogens is 3. The maximum absolute atomic E-state index is 13.3. The minimum Gasteiger partial charge on any atom is -0.309 e. The maximum atomic E-state index is 13.3. The molecular weight excluding hydrogens is 370 g/mol. The largest absolute Gasteiger partial charge is 0.309 e.